The number of nitrogens with zero attached hydrogens (tertiary/aromatic N) is 3. The van der Waals surface area contributed by atoms with Crippen molar-refractivity contribution in [2.75, 3.05) is 18.0 Å². The number of ether oxygens (including phenoxy) is 1. The van der Waals surface area contributed by atoms with Gasteiger partial charge in [0.25, 0.3) is 0 Å². The van der Waals surface area contributed by atoms with Gasteiger partial charge >= 0.3 is 5.97 Å². The fraction of sp³-hybridized carbons (Fsp3) is 0.375. The lowest BCUT2D eigenvalue weighted by Gasteiger charge is -2.33. The Morgan fingerprint density at radius 3 is 2.46 bits per heavy atom. The predicted molar refractivity (Wildman–Crippen MR) is 150 cm³/mol. The molecule has 3 heterocycles. The highest BCUT2D eigenvalue weighted by Gasteiger charge is 2.52. The summed E-state index contributed by atoms with van der Waals surface area (Å²) >= 11 is 0. The monoisotopic (exact) mass is 495 g/mol. The van der Waals surface area contributed by atoms with Crippen LogP contribution in [0, 0.1) is 13.8 Å². The summed E-state index contributed by atoms with van der Waals surface area (Å²) in [6.45, 7) is 13.7. The van der Waals surface area contributed by atoms with Crippen LogP contribution in [0.15, 0.2) is 60.8 Å². The molecule has 0 N–H and O–H groups in total. The number of fused-ring (bicyclic) bond motifs is 2. The van der Waals surface area contributed by atoms with E-state index < -0.39 is 5.60 Å². The maximum absolute atomic E-state index is 13.4. The summed E-state index contributed by atoms with van der Waals surface area (Å²) < 4.78 is 8.93. The molecule has 5 nitrogen and oxygen atoms in total. The average molecular weight is 496 g/mol. The number of rotatable bonds is 9. The number of aromatic nitrogens is 2. The van der Waals surface area contributed by atoms with Crippen molar-refractivity contribution in [1.82, 2.24) is 9.55 Å². The van der Waals surface area contributed by atoms with Gasteiger partial charge in [-0.2, -0.15) is 0 Å². The topological polar surface area (TPSA) is 47.4 Å². The normalized spacial score (nSPS) is 16.7. The van der Waals surface area contributed by atoms with Crippen molar-refractivity contribution in [3.05, 3.63) is 94.4 Å². The minimum Gasteiger partial charge on any atom is -0.439 e. The number of anilines is 1. The molecule has 192 valence electrons. The molecule has 5 heteroatoms. The number of carbonyl (C=O) groups is 1. The average Bonchev–Trinajstić information content (AvgIpc) is 3.36. The molecule has 0 bridgehead atoms. The Morgan fingerprint density at radius 2 is 1.73 bits per heavy atom. The van der Waals surface area contributed by atoms with Crippen LogP contribution in [-0.2, 0) is 16.9 Å². The number of carbonyl (C=O) groups excluding carboxylic acids is 1. The Hall–Kier alpha value is -3.60. The van der Waals surface area contributed by atoms with Crippen LogP contribution in [0.4, 0.5) is 5.69 Å². The lowest BCUT2D eigenvalue weighted by Crippen LogP contribution is -2.32. The van der Waals surface area contributed by atoms with Gasteiger partial charge in [0.1, 0.15) is 0 Å². The number of hydrogen-bond acceptors (Lipinski definition) is 4. The molecule has 1 unspecified atom stereocenters. The first-order valence-corrected chi connectivity index (χ1v) is 13.6. The second-order valence-corrected chi connectivity index (χ2v) is 9.98. The van der Waals surface area contributed by atoms with E-state index in [0.29, 0.717) is 5.69 Å². The number of hydrogen-bond donors (Lipinski definition) is 0. The van der Waals surface area contributed by atoms with E-state index in [9.17, 15) is 4.79 Å². The van der Waals surface area contributed by atoms with E-state index in [1.807, 2.05) is 12.1 Å². The molecule has 4 aromatic rings. The zero-order valence-corrected chi connectivity index (χ0v) is 22.7. The molecule has 1 atom stereocenters. The number of benzene rings is 2. The van der Waals surface area contributed by atoms with Crippen LogP contribution in [0.5, 0.6) is 0 Å². The molecule has 0 amide bonds. The molecular formula is C32H37N3O2. The van der Waals surface area contributed by atoms with Gasteiger partial charge in [0.05, 0.1) is 0 Å². The first-order chi connectivity index (χ1) is 18.0. The van der Waals surface area contributed by atoms with Gasteiger partial charge in [-0.3, -0.25) is 0 Å². The third-order valence-electron chi connectivity index (χ3n) is 7.91. The molecule has 0 spiro atoms. The van der Waals surface area contributed by atoms with E-state index in [0.717, 1.165) is 59.4 Å². The molecule has 0 aliphatic carbocycles. The van der Waals surface area contributed by atoms with Crippen molar-refractivity contribution in [2.45, 2.75) is 66.0 Å². The molecule has 0 saturated heterocycles. The maximum Gasteiger partial charge on any atom is 0.358 e. The highest BCUT2D eigenvalue weighted by atomic mass is 16.6. The summed E-state index contributed by atoms with van der Waals surface area (Å²) in [4.78, 5) is 20.2. The van der Waals surface area contributed by atoms with Gasteiger partial charge in [-0.25, -0.2) is 9.78 Å². The summed E-state index contributed by atoms with van der Waals surface area (Å²) in [5.74, 6) is -0.370. The highest BCUT2D eigenvalue weighted by Crippen LogP contribution is 2.51. The maximum atomic E-state index is 13.4. The van der Waals surface area contributed by atoms with Gasteiger partial charge < -0.3 is 14.2 Å². The first-order valence-electron chi connectivity index (χ1n) is 13.6. The SMILES string of the molecule is CCCCCn1c(C)c(C2(c3ccc(N(CC)CC)cc3C)OC(=O)c3ncccc32)c2ccccc21. The summed E-state index contributed by atoms with van der Waals surface area (Å²) in [6.07, 6.45) is 5.13. The first kappa shape index (κ1) is 25.1. The third kappa shape index (κ3) is 3.92. The van der Waals surface area contributed by atoms with E-state index in [1.54, 1.807) is 6.20 Å². The van der Waals surface area contributed by atoms with Gasteiger partial charge in [0.15, 0.2) is 11.3 Å². The van der Waals surface area contributed by atoms with Crippen LogP contribution >= 0.6 is 0 Å². The van der Waals surface area contributed by atoms with Gasteiger partial charge in [0.2, 0.25) is 0 Å². The van der Waals surface area contributed by atoms with Crippen LogP contribution in [0.1, 0.15) is 78.5 Å². The Bertz CT molecular complexity index is 1450. The summed E-state index contributed by atoms with van der Waals surface area (Å²) in [5, 5.41) is 1.12. The van der Waals surface area contributed by atoms with Crippen LogP contribution in [0.3, 0.4) is 0 Å². The minimum atomic E-state index is -1.06. The molecule has 1 aliphatic rings. The van der Waals surface area contributed by atoms with Crippen molar-refractivity contribution in [1.29, 1.82) is 0 Å². The zero-order valence-electron chi connectivity index (χ0n) is 22.7. The second kappa shape index (κ2) is 10.0. The summed E-state index contributed by atoms with van der Waals surface area (Å²) in [7, 11) is 0. The molecular weight excluding hydrogens is 458 g/mol. The smallest absolute Gasteiger partial charge is 0.358 e. The lowest BCUT2D eigenvalue weighted by molar-refractivity contribution is 0.0249. The standard InChI is InChI=1S/C32H37N3O2/c1-6-9-12-20-35-23(5)29(25-14-10-11-16-28(25)35)32(27-15-13-19-33-30(27)31(36)37-32)26-18-17-24(21-22(26)4)34(7-2)8-3/h10-11,13-19,21H,6-9,12,20H2,1-5H3. The Kier molecular flexibility index (Phi) is 6.80. The molecule has 1 aliphatic heterocycles. The Balaban J connectivity index is 1.82. The van der Waals surface area contributed by atoms with Crippen LogP contribution in [0.2, 0.25) is 0 Å². The van der Waals surface area contributed by atoms with Gasteiger partial charge in [-0.05, 0) is 63.9 Å². The van der Waals surface area contributed by atoms with E-state index in [-0.39, 0.29) is 5.97 Å². The largest absolute Gasteiger partial charge is 0.439 e. The van der Waals surface area contributed by atoms with E-state index >= 15 is 0 Å². The molecule has 2 aromatic carbocycles. The van der Waals surface area contributed by atoms with E-state index in [2.05, 4.69) is 91.5 Å². The van der Waals surface area contributed by atoms with Crippen molar-refractivity contribution in [2.24, 2.45) is 0 Å². The third-order valence-corrected chi connectivity index (χ3v) is 7.91. The summed E-state index contributed by atoms with van der Waals surface area (Å²) in [5.41, 5.74) is 6.76. The quantitative estimate of drug-likeness (QED) is 0.183. The van der Waals surface area contributed by atoms with Crippen LogP contribution in [-0.4, -0.2) is 28.6 Å². The predicted octanol–water partition coefficient (Wildman–Crippen LogP) is 7.15. The van der Waals surface area contributed by atoms with E-state index in [4.69, 9.17) is 4.74 Å². The fourth-order valence-electron chi connectivity index (χ4n) is 6.13. The molecule has 0 radical (unpaired) electrons. The fourth-order valence-corrected chi connectivity index (χ4v) is 6.13. The zero-order chi connectivity index (χ0) is 26.2. The van der Waals surface area contributed by atoms with Crippen molar-refractivity contribution >= 4 is 22.6 Å². The number of aryl methyl sites for hydroxylation is 2. The van der Waals surface area contributed by atoms with E-state index in [1.165, 1.54) is 24.0 Å². The van der Waals surface area contributed by atoms with Gasteiger partial charge in [0, 0.05) is 64.8 Å². The van der Waals surface area contributed by atoms with Crippen LogP contribution in [0.25, 0.3) is 10.9 Å². The number of cyclic esters (lactones) is 1. The van der Waals surface area contributed by atoms with Gasteiger partial charge in [-0.1, -0.05) is 50.1 Å². The Morgan fingerprint density at radius 1 is 0.946 bits per heavy atom. The molecule has 2 aromatic heterocycles. The number of unbranched alkanes of at least 4 members (excludes halogenated alkanes) is 2. The molecule has 37 heavy (non-hydrogen) atoms. The molecule has 0 saturated carbocycles. The lowest BCUT2D eigenvalue weighted by atomic mass is 9.77. The van der Waals surface area contributed by atoms with Gasteiger partial charge in [-0.15, -0.1) is 0 Å². The Labute approximate surface area is 220 Å². The van der Waals surface area contributed by atoms with Crippen molar-refractivity contribution in [3.63, 3.8) is 0 Å². The minimum absolute atomic E-state index is 0.370. The van der Waals surface area contributed by atoms with Crippen molar-refractivity contribution in [3.8, 4) is 0 Å². The number of esters is 1. The highest BCUT2D eigenvalue weighted by molar-refractivity contribution is 5.97. The molecule has 5 rings (SSSR count). The summed E-state index contributed by atoms with van der Waals surface area (Å²) in [6, 6.07) is 19.0. The number of pyridine rings is 1. The van der Waals surface area contributed by atoms with Crippen LogP contribution < -0.4 is 4.90 Å². The molecule has 0 fully saturated rings. The van der Waals surface area contributed by atoms with Crippen molar-refractivity contribution < 1.29 is 9.53 Å². The second-order valence-electron chi connectivity index (χ2n) is 9.98. The number of para-hydroxylation sites is 1.